The molecule has 0 unspecified atom stereocenters. The van der Waals surface area contributed by atoms with Gasteiger partial charge in [0.25, 0.3) is 0 Å². The molecule has 3 rings (SSSR count). The number of fused-ring (bicyclic) bond motifs is 1. The maximum atomic E-state index is 11.6. The van der Waals surface area contributed by atoms with Gasteiger partial charge in [-0.25, -0.2) is 0 Å². The minimum absolute atomic E-state index is 0.312. The van der Waals surface area contributed by atoms with Crippen LogP contribution in [0.25, 0.3) is 0 Å². The third kappa shape index (κ3) is 2.15. The SMILES string of the molecule is O=C(O)[C@@]12CCC[C@H]1CN(Cc1ccccc1Cl)C2. The van der Waals surface area contributed by atoms with Crippen LogP contribution in [0.3, 0.4) is 0 Å². The zero-order valence-electron chi connectivity index (χ0n) is 10.8. The molecule has 1 aromatic rings. The van der Waals surface area contributed by atoms with Gasteiger partial charge in [-0.3, -0.25) is 9.69 Å². The van der Waals surface area contributed by atoms with Gasteiger partial charge in [-0.15, -0.1) is 0 Å². The van der Waals surface area contributed by atoms with Crippen molar-refractivity contribution in [3.05, 3.63) is 34.9 Å². The van der Waals surface area contributed by atoms with Gasteiger partial charge in [0, 0.05) is 24.7 Å². The van der Waals surface area contributed by atoms with Crippen molar-refractivity contribution in [3.63, 3.8) is 0 Å². The van der Waals surface area contributed by atoms with Gasteiger partial charge in [0.1, 0.15) is 0 Å². The first-order valence-corrected chi connectivity index (χ1v) is 7.19. The summed E-state index contributed by atoms with van der Waals surface area (Å²) in [6, 6.07) is 7.80. The van der Waals surface area contributed by atoms with E-state index in [2.05, 4.69) is 4.90 Å². The Balaban J connectivity index is 1.76. The van der Waals surface area contributed by atoms with E-state index in [0.717, 1.165) is 42.9 Å². The van der Waals surface area contributed by atoms with Crippen LogP contribution in [0.5, 0.6) is 0 Å². The Hall–Kier alpha value is -1.06. The fraction of sp³-hybridized carbons (Fsp3) is 0.533. The van der Waals surface area contributed by atoms with Gasteiger partial charge in [-0.1, -0.05) is 36.2 Å². The maximum Gasteiger partial charge on any atom is 0.311 e. The highest BCUT2D eigenvalue weighted by atomic mass is 35.5. The van der Waals surface area contributed by atoms with Gasteiger partial charge in [0.15, 0.2) is 0 Å². The van der Waals surface area contributed by atoms with Gasteiger partial charge < -0.3 is 5.11 Å². The van der Waals surface area contributed by atoms with Gasteiger partial charge in [0.2, 0.25) is 0 Å². The van der Waals surface area contributed by atoms with Gasteiger partial charge in [0.05, 0.1) is 5.41 Å². The van der Waals surface area contributed by atoms with E-state index in [0.29, 0.717) is 12.5 Å². The van der Waals surface area contributed by atoms with E-state index in [1.807, 2.05) is 24.3 Å². The predicted octanol–water partition coefficient (Wildman–Crippen LogP) is 3.03. The van der Waals surface area contributed by atoms with Crippen molar-refractivity contribution in [2.45, 2.75) is 25.8 Å². The molecule has 0 aromatic heterocycles. The van der Waals surface area contributed by atoms with Crippen molar-refractivity contribution in [1.82, 2.24) is 4.90 Å². The lowest BCUT2D eigenvalue weighted by Crippen LogP contribution is -2.35. The summed E-state index contributed by atoms with van der Waals surface area (Å²) >= 11 is 6.18. The van der Waals surface area contributed by atoms with E-state index in [1.54, 1.807) is 0 Å². The number of hydrogen-bond acceptors (Lipinski definition) is 2. The third-order valence-corrected chi connectivity index (χ3v) is 5.09. The average molecular weight is 280 g/mol. The summed E-state index contributed by atoms with van der Waals surface area (Å²) < 4.78 is 0. The number of carbonyl (C=O) groups is 1. The minimum atomic E-state index is -0.614. The molecule has 0 amide bonds. The van der Waals surface area contributed by atoms with Crippen LogP contribution >= 0.6 is 11.6 Å². The van der Waals surface area contributed by atoms with E-state index in [1.165, 1.54) is 0 Å². The monoisotopic (exact) mass is 279 g/mol. The van der Waals surface area contributed by atoms with Crippen LogP contribution in [0.4, 0.5) is 0 Å². The van der Waals surface area contributed by atoms with Crippen molar-refractivity contribution in [2.75, 3.05) is 13.1 Å². The van der Waals surface area contributed by atoms with Crippen molar-refractivity contribution >= 4 is 17.6 Å². The van der Waals surface area contributed by atoms with Crippen molar-refractivity contribution in [3.8, 4) is 0 Å². The second-order valence-corrected chi connectivity index (χ2v) is 6.22. The first-order valence-electron chi connectivity index (χ1n) is 6.81. The largest absolute Gasteiger partial charge is 0.481 e. The smallest absolute Gasteiger partial charge is 0.311 e. The molecule has 1 heterocycles. The molecule has 0 radical (unpaired) electrons. The van der Waals surface area contributed by atoms with E-state index in [9.17, 15) is 9.90 Å². The molecule has 2 fully saturated rings. The Morgan fingerprint density at radius 2 is 2.26 bits per heavy atom. The molecule has 1 N–H and O–H groups in total. The molecule has 4 heteroatoms. The number of carboxylic acids is 1. The number of aliphatic carboxylic acids is 1. The quantitative estimate of drug-likeness (QED) is 0.925. The topological polar surface area (TPSA) is 40.5 Å². The van der Waals surface area contributed by atoms with Crippen molar-refractivity contribution in [1.29, 1.82) is 0 Å². The molecular formula is C15H18ClNO2. The van der Waals surface area contributed by atoms with Crippen LogP contribution in [-0.4, -0.2) is 29.1 Å². The van der Waals surface area contributed by atoms with Crippen LogP contribution < -0.4 is 0 Å². The van der Waals surface area contributed by atoms with Crippen molar-refractivity contribution < 1.29 is 9.90 Å². The molecule has 1 aromatic carbocycles. The number of likely N-dealkylation sites (tertiary alicyclic amines) is 1. The molecule has 102 valence electrons. The first kappa shape index (κ1) is 12.9. The molecule has 1 saturated carbocycles. The first-order chi connectivity index (χ1) is 9.12. The fourth-order valence-corrected chi connectivity index (χ4v) is 3.93. The van der Waals surface area contributed by atoms with Crippen LogP contribution in [0, 0.1) is 11.3 Å². The summed E-state index contributed by atoms with van der Waals surface area (Å²) in [5.41, 5.74) is 0.589. The minimum Gasteiger partial charge on any atom is -0.481 e. The lowest BCUT2D eigenvalue weighted by Gasteiger charge is -2.23. The number of halogens is 1. The summed E-state index contributed by atoms with van der Waals surface area (Å²) in [6.45, 7) is 2.31. The molecule has 3 nitrogen and oxygen atoms in total. The Bertz CT molecular complexity index is 505. The number of hydrogen-bond donors (Lipinski definition) is 1. The number of benzene rings is 1. The summed E-state index contributed by atoms with van der Waals surface area (Å²) in [4.78, 5) is 13.9. The fourth-order valence-electron chi connectivity index (χ4n) is 3.73. The highest BCUT2D eigenvalue weighted by Gasteiger charge is 2.54. The lowest BCUT2D eigenvalue weighted by molar-refractivity contribution is -0.149. The van der Waals surface area contributed by atoms with E-state index >= 15 is 0 Å². The number of rotatable bonds is 3. The standard InChI is InChI=1S/C15H18ClNO2/c16-13-6-2-1-4-11(13)8-17-9-12-5-3-7-15(12,10-17)14(18)19/h1-2,4,6,12H,3,5,7-10H2,(H,18,19)/t12-,15+/m0/s1. The second kappa shape index (κ2) is 4.80. The molecule has 0 bridgehead atoms. The lowest BCUT2D eigenvalue weighted by atomic mass is 9.81. The maximum absolute atomic E-state index is 11.6. The molecule has 1 aliphatic heterocycles. The highest BCUT2D eigenvalue weighted by Crippen LogP contribution is 2.49. The molecule has 2 atom stereocenters. The molecule has 1 aliphatic carbocycles. The van der Waals surface area contributed by atoms with Gasteiger partial charge in [-0.05, 0) is 30.4 Å². The van der Waals surface area contributed by atoms with E-state index in [-0.39, 0.29) is 0 Å². The molecule has 0 spiro atoms. The van der Waals surface area contributed by atoms with E-state index in [4.69, 9.17) is 11.6 Å². The molecular weight excluding hydrogens is 262 g/mol. The average Bonchev–Trinajstić information content (AvgIpc) is 2.89. The normalized spacial score (nSPS) is 30.5. The summed E-state index contributed by atoms with van der Waals surface area (Å²) in [5, 5.41) is 10.3. The second-order valence-electron chi connectivity index (χ2n) is 5.81. The highest BCUT2D eigenvalue weighted by molar-refractivity contribution is 6.31. The number of nitrogens with zero attached hydrogens (tertiary/aromatic N) is 1. The Labute approximate surface area is 118 Å². The van der Waals surface area contributed by atoms with E-state index < -0.39 is 11.4 Å². The van der Waals surface area contributed by atoms with Gasteiger partial charge in [-0.2, -0.15) is 0 Å². The molecule has 1 saturated heterocycles. The Morgan fingerprint density at radius 3 is 2.95 bits per heavy atom. The zero-order valence-corrected chi connectivity index (χ0v) is 11.6. The molecule has 2 aliphatic rings. The Morgan fingerprint density at radius 1 is 1.47 bits per heavy atom. The van der Waals surface area contributed by atoms with Crippen LogP contribution in [0.1, 0.15) is 24.8 Å². The zero-order chi connectivity index (χ0) is 13.5. The Kier molecular flexibility index (Phi) is 3.27. The van der Waals surface area contributed by atoms with Crippen LogP contribution in [0.2, 0.25) is 5.02 Å². The summed E-state index contributed by atoms with van der Waals surface area (Å²) in [7, 11) is 0. The van der Waals surface area contributed by atoms with Crippen LogP contribution in [-0.2, 0) is 11.3 Å². The predicted molar refractivity (Wildman–Crippen MR) is 74.1 cm³/mol. The van der Waals surface area contributed by atoms with Crippen molar-refractivity contribution in [2.24, 2.45) is 11.3 Å². The third-order valence-electron chi connectivity index (χ3n) is 4.72. The van der Waals surface area contributed by atoms with Gasteiger partial charge >= 0.3 is 5.97 Å². The molecule has 19 heavy (non-hydrogen) atoms. The number of carboxylic acid groups (broad SMARTS) is 1. The summed E-state index contributed by atoms with van der Waals surface area (Å²) in [5.74, 6) is -0.302. The summed E-state index contributed by atoms with van der Waals surface area (Å²) in [6.07, 6.45) is 2.92. The van der Waals surface area contributed by atoms with Crippen LogP contribution in [0.15, 0.2) is 24.3 Å².